The van der Waals surface area contributed by atoms with Crippen molar-refractivity contribution in [1.29, 1.82) is 0 Å². The molecule has 0 spiro atoms. The van der Waals surface area contributed by atoms with Gasteiger partial charge in [-0.05, 0) is 43.7 Å². The molecule has 3 heteroatoms. The van der Waals surface area contributed by atoms with Gasteiger partial charge in [0.2, 0.25) is 0 Å². The Bertz CT molecular complexity index is 346. The van der Waals surface area contributed by atoms with Crippen LogP contribution in [-0.2, 0) is 11.2 Å². The highest BCUT2D eigenvalue weighted by Gasteiger charge is 2.16. The van der Waals surface area contributed by atoms with E-state index in [-0.39, 0.29) is 0 Å². The molecule has 1 aromatic rings. The molecule has 1 unspecified atom stereocenters. The molecule has 1 fully saturated rings. The van der Waals surface area contributed by atoms with E-state index in [0.29, 0.717) is 0 Å². The quantitative estimate of drug-likeness (QED) is 0.766. The lowest BCUT2D eigenvalue weighted by Gasteiger charge is -2.22. The predicted octanol–water partition coefficient (Wildman–Crippen LogP) is 4.16. The summed E-state index contributed by atoms with van der Waals surface area (Å²) in [5.41, 5.74) is 2.62. The van der Waals surface area contributed by atoms with Crippen LogP contribution in [0, 0.1) is 12.8 Å². The second-order valence-electron chi connectivity index (χ2n) is 4.49. The average Bonchev–Trinajstić information content (AvgIpc) is 2.42. The lowest BCUT2D eigenvalue weighted by atomic mass is 9.91. The van der Waals surface area contributed by atoms with Gasteiger partial charge in [0.15, 0.2) is 0 Å². The maximum Gasteiger partial charge on any atom is 0.125 e. The monoisotopic (exact) mass is 268 g/mol. The molecule has 0 aliphatic carbocycles. The van der Waals surface area contributed by atoms with Crippen LogP contribution in [0.4, 0.5) is 0 Å². The maximum absolute atomic E-state index is 5.38. The molecule has 0 saturated carbocycles. The zero-order valence-electron chi connectivity index (χ0n) is 11.7. The van der Waals surface area contributed by atoms with Gasteiger partial charge in [-0.3, -0.25) is 0 Å². The van der Waals surface area contributed by atoms with E-state index in [1.807, 2.05) is 13.8 Å². The second-order valence-corrected chi connectivity index (χ2v) is 4.72. The van der Waals surface area contributed by atoms with Crippen molar-refractivity contribution >= 4 is 9.47 Å². The SMILES string of the molecule is CC.Cc1ccc(OP)c(CC2CCOCC2)c1. The largest absolute Gasteiger partial charge is 0.480 e. The molecule has 1 atom stereocenters. The van der Waals surface area contributed by atoms with Gasteiger partial charge in [-0.1, -0.05) is 31.5 Å². The van der Waals surface area contributed by atoms with Crippen molar-refractivity contribution in [2.45, 2.75) is 40.0 Å². The maximum atomic E-state index is 5.38. The van der Waals surface area contributed by atoms with Crippen LogP contribution < -0.4 is 4.52 Å². The van der Waals surface area contributed by atoms with Crippen LogP contribution in [0.15, 0.2) is 18.2 Å². The van der Waals surface area contributed by atoms with Crippen molar-refractivity contribution in [3.05, 3.63) is 29.3 Å². The molecule has 0 aromatic heterocycles. The summed E-state index contributed by atoms with van der Waals surface area (Å²) in [6.07, 6.45) is 3.45. The fraction of sp³-hybridized carbons (Fsp3) is 0.600. The fourth-order valence-corrected chi connectivity index (χ4v) is 2.47. The highest BCUT2D eigenvalue weighted by Crippen LogP contribution is 2.28. The Balaban J connectivity index is 0.000000771. The first-order valence-corrected chi connectivity index (χ1v) is 7.30. The zero-order valence-corrected chi connectivity index (χ0v) is 12.9. The summed E-state index contributed by atoms with van der Waals surface area (Å²) in [6.45, 7) is 7.95. The van der Waals surface area contributed by atoms with Gasteiger partial charge >= 0.3 is 0 Å². The van der Waals surface area contributed by atoms with Crippen molar-refractivity contribution in [3.8, 4) is 5.75 Å². The minimum Gasteiger partial charge on any atom is -0.480 e. The Hall–Kier alpha value is -0.590. The normalized spacial score (nSPS) is 15.8. The molecule has 0 amide bonds. The average molecular weight is 268 g/mol. The number of ether oxygens (including phenoxy) is 1. The van der Waals surface area contributed by atoms with E-state index in [4.69, 9.17) is 9.26 Å². The predicted molar refractivity (Wildman–Crippen MR) is 80.1 cm³/mol. The van der Waals surface area contributed by atoms with Gasteiger partial charge in [0.05, 0.1) is 9.47 Å². The molecule has 102 valence electrons. The lowest BCUT2D eigenvalue weighted by molar-refractivity contribution is 0.0664. The summed E-state index contributed by atoms with van der Waals surface area (Å²) >= 11 is 0. The third-order valence-corrected chi connectivity index (χ3v) is 3.45. The number of hydrogen-bond donors (Lipinski definition) is 0. The minimum absolute atomic E-state index is 0.745. The van der Waals surface area contributed by atoms with E-state index in [0.717, 1.165) is 31.3 Å². The van der Waals surface area contributed by atoms with Gasteiger partial charge in [0, 0.05) is 13.2 Å². The van der Waals surface area contributed by atoms with Crippen LogP contribution in [-0.4, -0.2) is 13.2 Å². The first-order valence-electron chi connectivity index (χ1n) is 6.83. The van der Waals surface area contributed by atoms with E-state index in [9.17, 15) is 0 Å². The van der Waals surface area contributed by atoms with Crippen molar-refractivity contribution in [1.82, 2.24) is 0 Å². The minimum atomic E-state index is 0.745. The lowest BCUT2D eigenvalue weighted by Crippen LogP contribution is -2.17. The summed E-state index contributed by atoms with van der Waals surface area (Å²) in [6, 6.07) is 6.37. The molecule has 1 aromatic carbocycles. The third-order valence-electron chi connectivity index (χ3n) is 3.19. The van der Waals surface area contributed by atoms with Gasteiger partial charge in [-0.2, -0.15) is 0 Å². The smallest absolute Gasteiger partial charge is 0.125 e. The Labute approximate surface area is 113 Å². The summed E-state index contributed by atoms with van der Waals surface area (Å²) in [5, 5.41) is 0. The van der Waals surface area contributed by atoms with Crippen LogP contribution in [0.25, 0.3) is 0 Å². The number of benzene rings is 1. The standard InChI is InChI=1S/C13H19O2P.C2H6/c1-10-2-3-13(15-16)12(8-10)9-11-4-6-14-7-5-11;1-2/h2-3,8,11H,4-7,9,16H2,1H3;1-2H3. The topological polar surface area (TPSA) is 18.5 Å². The molecular weight excluding hydrogens is 243 g/mol. The Morgan fingerprint density at radius 1 is 1.28 bits per heavy atom. The van der Waals surface area contributed by atoms with Crippen molar-refractivity contribution in [2.75, 3.05) is 13.2 Å². The van der Waals surface area contributed by atoms with E-state index < -0.39 is 0 Å². The van der Waals surface area contributed by atoms with Crippen molar-refractivity contribution in [2.24, 2.45) is 5.92 Å². The third kappa shape index (κ3) is 4.59. The highest BCUT2D eigenvalue weighted by molar-refractivity contribution is 7.10. The van der Waals surface area contributed by atoms with Gasteiger partial charge in [0.25, 0.3) is 0 Å². The van der Waals surface area contributed by atoms with E-state index in [1.54, 1.807) is 0 Å². The fourth-order valence-electron chi connectivity index (χ4n) is 2.24. The van der Waals surface area contributed by atoms with Crippen LogP contribution in [0.5, 0.6) is 5.75 Å². The highest BCUT2D eigenvalue weighted by atomic mass is 31.0. The van der Waals surface area contributed by atoms with Gasteiger partial charge in [-0.15, -0.1) is 0 Å². The summed E-state index contributed by atoms with van der Waals surface area (Å²) in [5.74, 6) is 1.73. The molecule has 1 aliphatic heterocycles. The van der Waals surface area contributed by atoms with Crippen LogP contribution in [0.1, 0.15) is 37.8 Å². The van der Waals surface area contributed by atoms with E-state index in [2.05, 4.69) is 34.6 Å². The molecule has 2 nitrogen and oxygen atoms in total. The molecule has 0 N–H and O–H groups in total. The van der Waals surface area contributed by atoms with Crippen LogP contribution >= 0.6 is 9.47 Å². The second kappa shape index (κ2) is 8.50. The van der Waals surface area contributed by atoms with Crippen molar-refractivity contribution in [3.63, 3.8) is 0 Å². The van der Waals surface area contributed by atoms with Gasteiger partial charge in [-0.25, -0.2) is 0 Å². The Morgan fingerprint density at radius 2 is 1.94 bits per heavy atom. The Morgan fingerprint density at radius 3 is 2.56 bits per heavy atom. The van der Waals surface area contributed by atoms with Gasteiger partial charge < -0.3 is 9.26 Å². The summed E-state index contributed by atoms with van der Waals surface area (Å²) < 4.78 is 10.7. The first-order chi connectivity index (χ1) is 8.79. The molecule has 1 heterocycles. The molecular formula is C15H25O2P. The van der Waals surface area contributed by atoms with E-state index in [1.165, 1.54) is 24.0 Å². The van der Waals surface area contributed by atoms with Crippen LogP contribution in [0.2, 0.25) is 0 Å². The number of hydrogen-bond acceptors (Lipinski definition) is 2. The molecule has 0 bridgehead atoms. The molecule has 1 saturated heterocycles. The Kier molecular flexibility index (Phi) is 7.31. The van der Waals surface area contributed by atoms with E-state index >= 15 is 0 Å². The van der Waals surface area contributed by atoms with Crippen molar-refractivity contribution < 1.29 is 9.26 Å². The number of rotatable bonds is 3. The molecule has 0 radical (unpaired) electrons. The number of aryl methyl sites for hydroxylation is 1. The van der Waals surface area contributed by atoms with Gasteiger partial charge in [0.1, 0.15) is 5.75 Å². The molecule has 18 heavy (non-hydrogen) atoms. The van der Waals surface area contributed by atoms with Crippen LogP contribution in [0.3, 0.4) is 0 Å². The molecule has 1 aliphatic rings. The summed E-state index contributed by atoms with van der Waals surface area (Å²) in [7, 11) is 2.34. The first kappa shape index (κ1) is 15.5. The zero-order chi connectivity index (χ0) is 13.4. The summed E-state index contributed by atoms with van der Waals surface area (Å²) in [4.78, 5) is 0. The molecule has 2 rings (SSSR count).